The van der Waals surface area contributed by atoms with E-state index in [0.29, 0.717) is 5.82 Å². The predicted molar refractivity (Wildman–Crippen MR) is 66.1 cm³/mol. The van der Waals surface area contributed by atoms with Crippen molar-refractivity contribution in [2.45, 2.75) is 0 Å². The minimum absolute atomic E-state index is 0.174. The molecule has 0 radical (unpaired) electrons. The molecule has 1 N–H and O–H groups in total. The molecular weight excluding hydrogens is 238 g/mol. The number of aromatic nitrogens is 2. The molecule has 2 rings (SSSR count). The summed E-state index contributed by atoms with van der Waals surface area (Å²) in [4.78, 5) is 21.4. The zero-order valence-corrected chi connectivity index (χ0v) is 9.65. The summed E-state index contributed by atoms with van der Waals surface area (Å²) in [6, 6.07) is 1.86. The molecule has 2 aromatic rings. The maximum Gasteiger partial charge on any atom is 0.323 e. The Hall–Kier alpha value is -2.13. The van der Waals surface area contributed by atoms with Crippen LogP contribution in [-0.2, 0) is 4.79 Å². The number of carbonyl (C=O) groups is 1. The van der Waals surface area contributed by atoms with E-state index in [4.69, 9.17) is 11.5 Å². The van der Waals surface area contributed by atoms with Gasteiger partial charge in [0.05, 0.1) is 11.9 Å². The minimum atomic E-state index is -0.942. The third-order valence-corrected chi connectivity index (χ3v) is 2.97. The molecule has 0 saturated heterocycles. The average Bonchev–Trinajstić information content (AvgIpc) is 2.75. The monoisotopic (exact) mass is 247 g/mol. The second kappa shape index (κ2) is 4.80. The highest BCUT2D eigenvalue weighted by Gasteiger charge is 2.14. The van der Waals surface area contributed by atoms with E-state index in [1.807, 2.05) is 11.4 Å². The number of rotatable bonds is 4. The fourth-order valence-electron chi connectivity index (χ4n) is 1.51. The first-order valence-electron chi connectivity index (χ1n) is 4.81. The molecule has 0 amide bonds. The summed E-state index contributed by atoms with van der Waals surface area (Å²) in [5.74, 6) is 2.06. The van der Waals surface area contributed by atoms with Gasteiger partial charge in [-0.3, -0.25) is 4.79 Å². The lowest BCUT2D eigenvalue weighted by atomic mass is 10.3. The van der Waals surface area contributed by atoms with Gasteiger partial charge in [-0.2, -0.15) is 0 Å². The van der Waals surface area contributed by atoms with Crippen molar-refractivity contribution in [1.29, 1.82) is 0 Å². The molecule has 2 heterocycles. The maximum absolute atomic E-state index is 10.8. The van der Waals surface area contributed by atoms with Crippen LogP contribution in [0.5, 0.6) is 0 Å². The molecular formula is C11H9N3O2S. The highest BCUT2D eigenvalue weighted by atomic mass is 32.1. The van der Waals surface area contributed by atoms with Gasteiger partial charge in [0.15, 0.2) is 0 Å². The van der Waals surface area contributed by atoms with Crippen LogP contribution in [0.15, 0.2) is 17.8 Å². The fourth-order valence-corrected chi connectivity index (χ4v) is 2.24. The Bertz CT molecular complexity index is 588. The average molecular weight is 247 g/mol. The van der Waals surface area contributed by atoms with Crippen LogP contribution in [0.25, 0.3) is 10.2 Å². The van der Waals surface area contributed by atoms with Crippen molar-refractivity contribution >= 4 is 33.3 Å². The van der Waals surface area contributed by atoms with E-state index in [1.165, 1.54) is 17.7 Å². The van der Waals surface area contributed by atoms with Crippen molar-refractivity contribution in [2.24, 2.45) is 0 Å². The molecule has 0 unspecified atom stereocenters. The molecule has 0 bridgehead atoms. The number of nitrogens with zero attached hydrogens (tertiary/aromatic N) is 3. The minimum Gasteiger partial charge on any atom is -0.480 e. The number of terminal acetylenes is 1. The lowest BCUT2D eigenvalue weighted by Crippen LogP contribution is -2.30. The van der Waals surface area contributed by atoms with Gasteiger partial charge < -0.3 is 10.0 Å². The zero-order valence-electron chi connectivity index (χ0n) is 8.83. The van der Waals surface area contributed by atoms with Crippen molar-refractivity contribution in [1.82, 2.24) is 9.97 Å². The van der Waals surface area contributed by atoms with E-state index in [0.717, 1.165) is 10.2 Å². The number of aliphatic carboxylic acids is 1. The number of fused-ring (bicyclic) bond motifs is 1. The van der Waals surface area contributed by atoms with Gasteiger partial charge in [0.2, 0.25) is 0 Å². The third kappa shape index (κ3) is 2.34. The van der Waals surface area contributed by atoms with Crippen molar-refractivity contribution in [3.05, 3.63) is 17.8 Å². The Labute approximate surface area is 102 Å². The summed E-state index contributed by atoms with van der Waals surface area (Å²) in [5, 5.41) is 11.6. The SMILES string of the molecule is C#CCN(CC(=O)O)c1ncnc2sccc12. The van der Waals surface area contributed by atoms with Crippen LogP contribution in [-0.4, -0.2) is 34.1 Å². The fraction of sp³-hybridized carbons (Fsp3) is 0.182. The van der Waals surface area contributed by atoms with Gasteiger partial charge in [0, 0.05) is 0 Å². The van der Waals surface area contributed by atoms with Crippen molar-refractivity contribution < 1.29 is 9.90 Å². The van der Waals surface area contributed by atoms with Crippen LogP contribution in [0.1, 0.15) is 0 Å². The molecule has 0 aromatic carbocycles. The number of carboxylic acids is 1. The van der Waals surface area contributed by atoms with E-state index < -0.39 is 5.97 Å². The van der Waals surface area contributed by atoms with Crippen molar-refractivity contribution in [3.8, 4) is 12.3 Å². The Morgan fingerprint density at radius 3 is 3.12 bits per heavy atom. The van der Waals surface area contributed by atoms with E-state index >= 15 is 0 Å². The number of carboxylic acid groups (broad SMARTS) is 1. The zero-order chi connectivity index (χ0) is 12.3. The summed E-state index contributed by atoms with van der Waals surface area (Å²) in [5.41, 5.74) is 0. The molecule has 0 atom stereocenters. The molecule has 5 nitrogen and oxygen atoms in total. The van der Waals surface area contributed by atoms with Gasteiger partial charge in [-0.05, 0) is 11.4 Å². The number of hydrogen-bond acceptors (Lipinski definition) is 5. The van der Waals surface area contributed by atoms with Gasteiger partial charge in [-0.1, -0.05) is 5.92 Å². The standard InChI is InChI=1S/C11H9N3O2S/c1-2-4-14(6-9(15)16)10-8-3-5-17-11(8)13-7-12-10/h1,3,5,7H,4,6H2,(H,15,16). The Morgan fingerprint density at radius 1 is 1.59 bits per heavy atom. The first-order chi connectivity index (χ1) is 8.22. The molecule has 0 aliphatic carbocycles. The molecule has 6 heteroatoms. The summed E-state index contributed by atoms with van der Waals surface area (Å²) < 4.78 is 0. The molecule has 0 aliphatic rings. The first kappa shape index (κ1) is 11.4. The largest absolute Gasteiger partial charge is 0.480 e. The highest BCUT2D eigenvalue weighted by Crippen LogP contribution is 2.26. The maximum atomic E-state index is 10.8. The van der Waals surface area contributed by atoms with Crippen molar-refractivity contribution in [3.63, 3.8) is 0 Å². The lowest BCUT2D eigenvalue weighted by Gasteiger charge is -2.19. The van der Waals surface area contributed by atoms with Crippen LogP contribution >= 0.6 is 11.3 Å². The molecule has 0 aliphatic heterocycles. The van der Waals surface area contributed by atoms with Gasteiger partial charge in [0.25, 0.3) is 0 Å². The molecule has 0 spiro atoms. The van der Waals surface area contributed by atoms with Crippen LogP contribution in [0.3, 0.4) is 0 Å². The summed E-state index contributed by atoms with van der Waals surface area (Å²) in [6.07, 6.45) is 6.65. The van der Waals surface area contributed by atoms with E-state index in [1.54, 1.807) is 4.90 Å². The Kier molecular flexibility index (Phi) is 3.21. The molecule has 0 fully saturated rings. The molecule has 0 saturated carbocycles. The summed E-state index contributed by atoms with van der Waals surface area (Å²) in [6.45, 7) is 0.0282. The van der Waals surface area contributed by atoms with Crippen LogP contribution in [0.4, 0.5) is 5.82 Å². The van der Waals surface area contributed by atoms with Gasteiger partial charge >= 0.3 is 5.97 Å². The number of thiophene rings is 1. The van der Waals surface area contributed by atoms with Gasteiger partial charge in [-0.25, -0.2) is 9.97 Å². The van der Waals surface area contributed by atoms with Crippen LogP contribution in [0, 0.1) is 12.3 Å². The van der Waals surface area contributed by atoms with E-state index in [9.17, 15) is 4.79 Å². The van der Waals surface area contributed by atoms with Crippen molar-refractivity contribution in [2.75, 3.05) is 18.0 Å². The van der Waals surface area contributed by atoms with E-state index in [2.05, 4.69) is 15.9 Å². The highest BCUT2D eigenvalue weighted by molar-refractivity contribution is 7.16. The topological polar surface area (TPSA) is 66.3 Å². The smallest absolute Gasteiger partial charge is 0.323 e. The molecule has 17 heavy (non-hydrogen) atoms. The molecule has 86 valence electrons. The summed E-state index contributed by atoms with van der Waals surface area (Å²) in [7, 11) is 0. The second-order valence-corrected chi connectivity index (χ2v) is 4.19. The third-order valence-electron chi connectivity index (χ3n) is 2.15. The number of hydrogen-bond donors (Lipinski definition) is 1. The number of anilines is 1. The summed E-state index contributed by atoms with van der Waals surface area (Å²) >= 11 is 1.48. The molecule has 2 aromatic heterocycles. The van der Waals surface area contributed by atoms with Gasteiger partial charge in [-0.15, -0.1) is 17.8 Å². The van der Waals surface area contributed by atoms with E-state index in [-0.39, 0.29) is 13.1 Å². The quantitative estimate of drug-likeness (QED) is 0.823. The van der Waals surface area contributed by atoms with Crippen LogP contribution in [0.2, 0.25) is 0 Å². The normalized spacial score (nSPS) is 10.1. The Morgan fingerprint density at radius 2 is 2.41 bits per heavy atom. The first-order valence-corrected chi connectivity index (χ1v) is 5.68. The Balaban J connectivity index is 2.44. The van der Waals surface area contributed by atoms with Gasteiger partial charge in [0.1, 0.15) is 23.5 Å². The van der Waals surface area contributed by atoms with Crippen LogP contribution < -0.4 is 4.90 Å². The predicted octanol–water partition coefficient (Wildman–Crippen LogP) is 1.22. The second-order valence-electron chi connectivity index (χ2n) is 3.29. The lowest BCUT2D eigenvalue weighted by molar-refractivity contribution is -0.135.